The number of halogens is 1. The Hall–Kier alpha value is -2.89. The molecule has 1 amide bonds. The molecule has 2 heterocycles. The van der Waals surface area contributed by atoms with Gasteiger partial charge in [0, 0.05) is 31.2 Å². The number of para-hydroxylation sites is 2. The molecule has 0 unspecified atom stereocenters. The van der Waals surface area contributed by atoms with Crippen LogP contribution in [0.3, 0.4) is 0 Å². The van der Waals surface area contributed by atoms with Crippen LogP contribution in [0.25, 0.3) is 11.1 Å². The molecule has 0 N–H and O–H groups in total. The lowest BCUT2D eigenvalue weighted by Crippen LogP contribution is -2.42. The van der Waals surface area contributed by atoms with E-state index in [4.69, 9.17) is 4.42 Å². The van der Waals surface area contributed by atoms with E-state index in [2.05, 4.69) is 9.88 Å². The summed E-state index contributed by atoms with van der Waals surface area (Å²) in [5.41, 5.74) is 2.36. The smallest absolute Gasteiger partial charge is 0.298 e. The van der Waals surface area contributed by atoms with Crippen molar-refractivity contribution in [2.75, 3.05) is 29.4 Å². The standard InChI is InChI=1S/C21H22FN3O2/c1-2-25(17-9-7-16(22)8-10-17)20(26)15-11-13-24(14-12-15)21-23-18-5-3-4-6-19(18)27-21/h3-10,15H,2,11-14H2,1H3. The summed E-state index contributed by atoms with van der Waals surface area (Å²) < 4.78 is 19.0. The highest BCUT2D eigenvalue weighted by Gasteiger charge is 2.30. The van der Waals surface area contributed by atoms with Crippen molar-refractivity contribution >= 4 is 28.7 Å². The third kappa shape index (κ3) is 3.52. The van der Waals surface area contributed by atoms with Gasteiger partial charge in [0.25, 0.3) is 6.01 Å². The maximum Gasteiger partial charge on any atom is 0.298 e. The summed E-state index contributed by atoms with van der Waals surface area (Å²) in [5, 5.41) is 0. The molecule has 6 heteroatoms. The first-order valence-electron chi connectivity index (χ1n) is 9.33. The summed E-state index contributed by atoms with van der Waals surface area (Å²) in [7, 11) is 0. The Kier molecular flexibility index (Phi) is 4.79. The zero-order valence-corrected chi connectivity index (χ0v) is 15.3. The summed E-state index contributed by atoms with van der Waals surface area (Å²) in [5.74, 6) is -0.245. The second kappa shape index (κ2) is 7.39. The van der Waals surface area contributed by atoms with Gasteiger partial charge in [0.2, 0.25) is 5.91 Å². The maximum atomic E-state index is 13.2. The highest BCUT2D eigenvalue weighted by atomic mass is 19.1. The summed E-state index contributed by atoms with van der Waals surface area (Å²) >= 11 is 0. The SMILES string of the molecule is CCN(C(=O)C1CCN(c2nc3ccccc3o2)CC1)c1ccc(F)cc1. The molecule has 3 aromatic rings. The van der Waals surface area contributed by atoms with E-state index in [1.807, 2.05) is 31.2 Å². The van der Waals surface area contributed by atoms with Crippen molar-refractivity contribution in [3.8, 4) is 0 Å². The number of fused-ring (bicyclic) bond motifs is 1. The average Bonchev–Trinajstić information content (AvgIpc) is 3.14. The van der Waals surface area contributed by atoms with Crippen LogP contribution in [0.5, 0.6) is 0 Å². The molecule has 5 nitrogen and oxygen atoms in total. The van der Waals surface area contributed by atoms with Crippen LogP contribution in [0.15, 0.2) is 52.9 Å². The Morgan fingerprint density at radius 2 is 1.89 bits per heavy atom. The highest BCUT2D eigenvalue weighted by molar-refractivity contribution is 5.95. The first-order chi connectivity index (χ1) is 13.2. The Labute approximate surface area is 157 Å². The van der Waals surface area contributed by atoms with E-state index in [-0.39, 0.29) is 17.6 Å². The van der Waals surface area contributed by atoms with Gasteiger partial charge >= 0.3 is 0 Å². The van der Waals surface area contributed by atoms with Crippen molar-refractivity contribution in [3.05, 3.63) is 54.3 Å². The van der Waals surface area contributed by atoms with Crippen molar-refractivity contribution in [1.29, 1.82) is 0 Å². The van der Waals surface area contributed by atoms with Crippen LogP contribution in [-0.4, -0.2) is 30.5 Å². The fourth-order valence-electron chi connectivity index (χ4n) is 3.62. The third-order valence-corrected chi connectivity index (χ3v) is 5.12. The average molecular weight is 367 g/mol. The summed E-state index contributed by atoms with van der Waals surface area (Å²) in [6.07, 6.45) is 1.49. The van der Waals surface area contributed by atoms with Crippen molar-refractivity contribution in [2.24, 2.45) is 5.92 Å². The number of rotatable bonds is 4. The number of benzene rings is 2. The van der Waals surface area contributed by atoms with Gasteiger partial charge in [-0.3, -0.25) is 4.79 Å². The molecule has 0 atom stereocenters. The predicted molar refractivity (Wildman–Crippen MR) is 103 cm³/mol. The molecule has 140 valence electrons. The number of anilines is 2. The largest absolute Gasteiger partial charge is 0.423 e. The van der Waals surface area contributed by atoms with Gasteiger partial charge in [-0.15, -0.1) is 0 Å². The number of carbonyl (C=O) groups excluding carboxylic acids is 1. The molecule has 1 aliphatic heterocycles. The lowest BCUT2D eigenvalue weighted by Gasteiger charge is -2.33. The Morgan fingerprint density at radius 1 is 1.19 bits per heavy atom. The van der Waals surface area contributed by atoms with E-state index in [9.17, 15) is 9.18 Å². The van der Waals surface area contributed by atoms with Crippen LogP contribution in [-0.2, 0) is 4.79 Å². The Bertz CT molecular complexity index is 897. The van der Waals surface area contributed by atoms with E-state index < -0.39 is 0 Å². The molecule has 4 rings (SSSR count). The number of aromatic nitrogens is 1. The van der Waals surface area contributed by atoms with Crippen molar-refractivity contribution in [3.63, 3.8) is 0 Å². The van der Waals surface area contributed by atoms with E-state index >= 15 is 0 Å². The molecule has 0 saturated carbocycles. The number of amides is 1. The van der Waals surface area contributed by atoms with Gasteiger partial charge in [-0.25, -0.2) is 4.39 Å². The van der Waals surface area contributed by atoms with Crippen LogP contribution in [0.2, 0.25) is 0 Å². The van der Waals surface area contributed by atoms with E-state index in [1.54, 1.807) is 17.0 Å². The van der Waals surface area contributed by atoms with Crippen LogP contribution in [0, 0.1) is 11.7 Å². The first-order valence-corrected chi connectivity index (χ1v) is 9.33. The lowest BCUT2D eigenvalue weighted by molar-refractivity contribution is -0.122. The third-order valence-electron chi connectivity index (χ3n) is 5.12. The molecule has 0 aliphatic carbocycles. The number of oxazole rings is 1. The summed E-state index contributed by atoms with van der Waals surface area (Å²) in [4.78, 5) is 21.3. The van der Waals surface area contributed by atoms with Crippen LogP contribution in [0.1, 0.15) is 19.8 Å². The maximum absolute atomic E-state index is 13.2. The minimum atomic E-state index is -0.297. The fraction of sp³-hybridized carbons (Fsp3) is 0.333. The zero-order valence-electron chi connectivity index (χ0n) is 15.3. The first kappa shape index (κ1) is 17.5. The van der Waals surface area contributed by atoms with E-state index in [0.29, 0.717) is 12.6 Å². The normalized spacial score (nSPS) is 15.3. The molecule has 1 saturated heterocycles. The minimum Gasteiger partial charge on any atom is -0.423 e. The number of nitrogens with zero attached hydrogens (tertiary/aromatic N) is 3. The topological polar surface area (TPSA) is 49.6 Å². The van der Waals surface area contributed by atoms with Gasteiger partial charge in [0.1, 0.15) is 11.3 Å². The molecule has 1 fully saturated rings. The molecule has 1 aliphatic rings. The molecule has 1 aromatic heterocycles. The van der Waals surface area contributed by atoms with Gasteiger partial charge in [-0.1, -0.05) is 12.1 Å². The Balaban J connectivity index is 1.43. The van der Waals surface area contributed by atoms with Gasteiger partial charge in [0.05, 0.1) is 0 Å². The predicted octanol–water partition coefficient (Wildman–Crippen LogP) is 4.24. The van der Waals surface area contributed by atoms with Crippen molar-refractivity contribution < 1.29 is 13.6 Å². The number of hydrogen-bond acceptors (Lipinski definition) is 4. The molecule has 2 aromatic carbocycles. The molecule has 27 heavy (non-hydrogen) atoms. The minimum absolute atomic E-state index is 0.0457. The van der Waals surface area contributed by atoms with Crippen LogP contribution < -0.4 is 9.80 Å². The number of carbonyl (C=O) groups is 1. The van der Waals surface area contributed by atoms with Crippen molar-refractivity contribution in [2.45, 2.75) is 19.8 Å². The highest BCUT2D eigenvalue weighted by Crippen LogP contribution is 2.28. The fourth-order valence-corrected chi connectivity index (χ4v) is 3.62. The van der Waals surface area contributed by atoms with Crippen LogP contribution >= 0.6 is 0 Å². The lowest BCUT2D eigenvalue weighted by atomic mass is 9.95. The zero-order chi connectivity index (χ0) is 18.8. The molecule has 0 radical (unpaired) electrons. The quantitative estimate of drug-likeness (QED) is 0.692. The van der Waals surface area contributed by atoms with Gasteiger partial charge < -0.3 is 14.2 Å². The van der Waals surface area contributed by atoms with Gasteiger partial charge in [-0.2, -0.15) is 4.98 Å². The van der Waals surface area contributed by atoms with Crippen LogP contribution in [0.4, 0.5) is 16.1 Å². The summed E-state index contributed by atoms with van der Waals surface area (Å²) in [6.45, 7) is 3.96. The Morgan fingerprint density at radius 3 is 2.56 bits per heavy atom. The van der Waals surface area contributed by atoms with Crippen molar-refractivity contribution in [1.82, 2.24) is 4.98 Å². The molecule has 0 bridgehead atoms. The number of hydrogen-bond donors (Lipinski definition) is 0. The molecular weight excluding hydrogens is 345 g/mol. The summed E-state index contributed by atoms with van der Waals surface area (Å²) in [6, 6.07) is 14.4. The van der Waals surface area contributed by atoms with Gasteiger partial charge in [-0.05, 0) is 56.2 Å². The second-order valence-electron chi connectivity index (χ2n) is 6.78. The second-order valence-corrected chi connectivity index (χ2v) is 6.78. The van der Waals surface area contributed by atoms with Gasteiger partial charge in [0.15, 0.2) is 5.58 Å². The van der Waals surface area contributed by atoms with E-state index in [0.717, 1.165) is 42.7 Å². The monoisotopic (exact) mass is 367 g/mol. The van der Waals surface area contributed by atoms with E-state index in [1.165, 1.54) is 12.1 Å². The molecular formula is C21H22FN3O2. The molecule has 0 spiro atoms. The number of piperidine rings is 1.